The van der Waals surface area contributed by atoms with Gasteiger partial charge in [-0.2, -0.15) is 0 Å². The third kappa shape index (κ3) is 5.00. The van der Waals surface area contributed by atoms with Crippen LogP contribution in [0, 0.1) is 13.8 Å². The predicted molar refractivity (Wildman–Crippen MR) is 97.0 cm³/mol. The van der Waals surface area contributed by atoms with Gasteiger partial charge in [-0.1, -0.05) is 29.8 Å². The van der Waals surface area contributed by atoms with Gasteiger partial charge in [0, 0.05) is 38.9 Å². The van der Waals surface area contributed by atoms with Crippen LogP contribution in [0.3, 0.4) is 0 Å². The highest BCUT2D eigenvalue weighted by atomic mass is 16.2. The van der Waals surface area contributed by atoms with Gasteiger partial charge in [0.15, 0.2) is 0 Å². The standard InChI is InChI=1S/C19H25N5O/c1-15-4-3-5-17(12-15)14-23-8-10-24(11-9-23)19(25)21-13-18-6-7-20-16(2)22-18/h3-7,12H,8-11,13-14H2,1-2H3,(H,21,25). The number of nitrogens with zero attached hydrogens (tertiary/aromatic N) is 4. The number of carbonyl (C=O) groups is 1. The molecule has 2 aromatic rings. The minimum absolute atomic E-state index is 0.0218. The van der Waals surface area contributed by atoms with Crippen LogP contribution in [0.4, 0.5) is 4.79 Å². The Labute approximate surface area is 148 Å². The monoisotopic (exact) mass is 339 g/mol. The van der Waals surface area contributed by atoms with Crippen molar-refractivity contribution in [3.05, 3.63) is 59.2 Å². The molecule has 0 unspecified atom stereocenters. The van der Waals surface area contributed by atoms with Crippen molar-refractivity contribution in [3.8, 4) is 0 Å². The van der Waals surface area contributed by atoms with Crippen LogP contribution in [0.1, 0.15) is 22.6 Å². The Bertz CT molecular complexity index is 725. The average Bonchev–Trinajstić information content (AvgIpc) is 2.60. The van der Waals surface area contributed by atoms with Crippen LogP contribution in [0.5, 0.6) is 0 Å². The van der Waals surface area contributed by atoms with Crippen LogP contribution in [-0.2, 0) is 13.1 Å². The molecule has 132 valence electrons. The molecule has 1 aromatic carbocycles. The molecule has 1 saturated heterocycles. The first kappa shape index (κ1) is 17.4. The van der Waals surface area contributed by atoms with Gasteiger partial charge in [0.1, 0.15) is 5.82 Å². The quantitative estimate of drug-likeness (QED) is 0.927. The molecule has 1 aliphatic heterocycles. The van der Waals surface area contributed by atoms with E-state index in [1.54, 1.807) is 6.20 Å². The molecule has 1 aliphatic rings. The Morgan fingerprint density at radius 1 is 1.16 bits per heavy atom. The molecule has 6 nitrogen and oxygen atoms in total. The summed E-state index contributed by atoms with van der Waals surface area (Å²) in [6.45, 7) is 8.63. The molecule has 3 rings (SSSR count). The Hall–Kier alpha value is -2.47. The van der Waals surface area contributed by atoms with Gasteiger partial charge in [-0.3, -0.25) is 4.90 Å². The van der Waals surface area contributed by atoms with Gasteiger partial charge < -0.3 is 10.2 Å². The lowest BCUT2D eigenvalue weighted by Crippen LogP contribution is -2.51. The topological polar surface area (TPSA) is 61.4 Å². The van der Waals surface area contributed by atoms with Crippen LogP contribution >= 0.6 is 0 Å². The second-order valence-corrected chi connectivity index (χ2v) is 6.51. The van der Waals surface area contributed by atoms with Crippen molar-refractivity contribution in [1.29, 1.82) is 0 Å². The Balaban J connectivity index is 1.44. The summed E-state index contributed by atoms with van der Waals surface area (Å²) in [6, 6.07) is 10.4. The molecule has 0 spiro atoms. The first-order chi connectivity index (χ1) is 12.1. The number of urea groups is 1. The molecule has 2 amide bonds. The van der Waals surface area contributed by atoms with E-state index in [0.717, 1.165) is 44.2 Å². The number of aromatic nitrogens is 2. The van der Waals surface area contributed by atoms with E-state index >= 15 is 0 Å². The number of hydrogen-bond donors (Lipinski definition) is 1. The van der Waals surface area contributed by atoms with Crippen LogP contribution in [0.15, 0.2) is 36.5 Å². The second kappa shape index (κ2) is 8.07. The second-order valence-electron chi connectivity index (χ2n) is 6.51. The molecule has 0 radical (unpaired) electrons. The van der Waals surface area contributed by atoms with Gasteiger partial charge >= 0.3 is 6.03 Å². The van der Waals surface area contributed by atoms with Crippen molar-refractivity contribution in [3.63, 3.8) is 0 Å². The number of nitrogens with one attached hydrogen (secondary N) is 1. The summed E-state index contributed by atoms with van der Waals surface area (Å²) < 4.78 is 0. The van der Waals surface area contributed by atoms with Crippen LogP contribution in [0.25, 0.3) is 0 Å². The van der Waals surface area contributed by atoms with E-state index in [2.05, 4.69) is 51.4 Å². The summed E-state index contributed by atoms with van der Waals surface area (Å²) in [5, 5.41) is 2.95. The first-order valence-electron chi connectivity index (χ1n) is 8.69. The highest BCUT2D eigenvalue weighted by Crippen LogP contribution is 2.10. The molecule has 0 aliphatic carbocycles. The SMILES string of the molecule is Cc1cccc(CN2CCN(C(=O)NCc3ccnc(C)n3)CC2)c1. The van der Waals surface area contributed by atoms with Gasteiger partial charge in [0.05, 0.1) is 12.2 Å². The fourth-order valence-corrected chi connectivity index (χ4v) is 3.06. The van der Waals surface area contributed by atoms with Crippen molar-refractivity contribution in [2.45, 2.75) is 26.9 Å². The zero-order valence-electron chi connectivity index (χ0n) is 14.9. The van der Waals surface area contributed by atoms with Crippen LogP contribution in [-0.4, -0.2) is 52.0 Å². The first-order valence-corrected chi connectivity index (χ1v) is 8.69. The number of piperazine rings is 1. The van der Waals surface area contributed by atoms with Crippen molar-refractivity contribution in [1.82, 2.24) is 25.1 Å². The van der Waals surface area contributed by atoms with E-state index in [1.165, 1.54) is 11.1 Å². The van der Waals surface area contributed by atoms with Gasteiger partial charge in [-0.15, -0.1) is 0 Å². The van der Waals surface area contributed by atoms with Crippen LogP contribution in [0.2, 0.25) is 0 Å². The third-order valence-electron chi connectivity index (χ3n) is 4.40. The summed E-state index contributed by atoms with van der Waals surface area (Å²) in [7, 11) is 0. The molecule has 1 N–H and O–H groups in total. The average molecular weight is 339 g/mol. The number of aryl methyl sites for hydroxylation is 2. The zero-order valence-corrected chi connectivity index (χ0v) is 14.9. The number of amides is 2. The minimum Gasteiger partial charge on any atom is -0.332 e. The van der Waals surface area contributed by atoms with Gasteiger partial charge in [-0.25, -0.2) is 14.8 Å². The number of carbonyl (C=O) groups excluding carboxylic acids is 1. The van der Waals surface area contributed by atoms with E-state index in [4.69, 9.17) is 0 Å². The summed E-state index contributed by atoms with van der Waals surface area (Å²) in [6.07, 6.45) is 1.72. The smallest absolute Gasteiger partial charge is 0.317 e. The van der Waals surface area contributed by atoms with E-state index in [1.807, 2.05) is 17.9 Å². The van der Waals surface area contributed by atoms with E-state index < -0.39 is 0 Å². The summed E-state index contributed by atoms with van der Waals surface area (Å²) in [5.41, 5.74) is 3.45. The van der Waals surface area contributed by atoms with Crippen molar-refractivity contribution >= 4 is 6.03 Å². The third-order valence-corrected chi connectivity index (χ3v) is 4.40. The zero-order chi connectivity index (χ0) is 17.6. The molecule has 2 heterocycles. The lowest BCUT2D eigenvalue weighted by atomic mass is 10.1. The fraction of sp³-hybridized carbons (Fsp3) is 0.421. The summed E-state index contributed by atoms with van der Waals surface area (Å²) in [4.78, 5) is 25.0. The predicted octanol–water partition coefficient (Wildman–Crippen LogP) is 2.12. The molecular weight excluding hydrogens is 314 g/mol. The van der Waals surface area contributed by atoms with Crippen LogP contribution < -0.4 is 5.32 Å². The largest absolute Gasteiger partial charge is 0.332 e. The maximum atomic E-state index is 12.3. The minimum atomic E-state index is -0.0218. The van der Waals surface area contributed by atoms with E-state index in [0.29, 0.717) is 6.54 Å². The normalized spacial score (nSPS) is 15.2. The molecule has 6 heteroatoms. The van der Waals surface area contributed by atoms with Crippen molar-refractivity contribution < 1.29 is 4.79 Å². The lowest BCUT2D eigenvalue weighted by Gasteiger charge is -2.34. The molecule has 0 bridgehead atoms. The maximum Gasteiger partial charge on any atom is 0.317 e. The maximum absolute atomic E-state index is 12.3. The lowest BCUT2D eigenvalue weighted by molar-refractivity contribution is 0.135. The summed E-state index contributed by atoms with van der Waals surface area (Å²) >= 11 is 0. The molecule has 25 heavy (non-hydrogen) atoms. The Morgan fingerprint density at radius 2 is 1.96 bits per heavy atom. The number of hydrogen-bond acceptors (Lipinski definition) is 4. The number of benzene rings is 1. The molecule has 0 atom stereocenters. The Kier molecular flexibility index (Phi) is 5.60. The van der Waals surface area contributed by atoms with Gasteiger partial charge in [0.25, 0.3) is 0 Å². The van der Waals surface area contributed by atoms with Crippen molar-refractivity contribution in [2.75, 3.05) is 26.2 Å². The molecule has 1 fully saturated rings. The summed E-state index contributed by atoms with van der Waals surface area (Å²) in [5.74, 6) is 0.719. The molecular formula is C19H25N5O. The van der Waals surface area contributed by atoms with Crippen molar-refractivity contribution in [2.24, 2.45) is 0 Å². The highest BCUT2D eigenvalue weighted by Gasteiger charge is 2.21. The highest BCUT2D eigenvalue weighted by molar-refractivity contribution is 5.74. The van der Waals surface area contributed by atoms with Gasteiger partial charge in [-0.05, 0) is 25.5 Å². The Morgan fingerprint density at radius 3 is 2.68 bits per heavy atom. The number of rotatable bonds is 4. The van der Waals surface area contributed by atoms with E-state index in [9.17, 15) is 4.79 Å². The van der Waals surface area contributed by atoms with Gasteiger partial charge in [0.2, 0.25) is 0 Å². The molecule has 0 saturated carbocycles. The molecule has 1 aromatic heterocycles. The fourth-order valence-electron chi connectivity index (χ4n) is 3.06. The van der Waals surface area contributed by atoms with E-state index in [-0.39, 0.29) is 6.03 Å².